The minimum absolute atomic E-state index is 0.0201. The number of rotatable bonds is 2. The second kappa shape index (κ2) is 6.54. The smallest absolute Gasteiger partial charge is 0.321 e. The van der Waals surface area contributed by atoms with Gasteiger partial charge in [0.1, 0.15) is 5.82 Å². The molecule has 23 heavy (non-hydrogen) atoms. The third kappa shape index (κ3) is 3.61. The molecule has 1 N–H and O–H groups in total. The first kappa shape index (κ1) is 15.7. The lowest BCUT2D eigenvalue weighted by molar-refractivity contribution is 0.187. The van der Waals surface area contributed by atoms with Crippen LogP contribution in [0.15, 0.2) is 22.7 Å². The van der Waals surface area contributed by atoms with E-state index in [2.05, 4.69) is 15.5 Å². The van der Waals surface area contributed by atoms with Crippen LogP contribution in [0.4, 0.5) is 14.9 Å². The summed E-state index contributed by atoms with van der Waals surface area (Å²) in [6, 6.07) is 3.87. The van der Waals surface area contributed by atoms with Crippen LogP contribution in [0.5, 0.6) is 0 Å². The molecule has 1 aliphatic rings. The fraction of sp³-hybridized carbons (Fsp3) is 0.400. The average molecular weight is 339 g/mol. The summed E-state index contributed by atoms with van der Waals surface area (Å²) in [5, 5.41) is 6.50. The molecule has 1 fully saturated rings. The van der Waals surface area contributed by atoms with Gasteiger partial charge in [-0.2, -0.15) is 4.98 Å². The number of carbonyl (C=O) groups is 1. The normalized spacial score (nSPS) is 15.7. The first-order chi connectivity index (χ1) is 11.0. The van der Waals surface area contributed by atoms with Gasteiger partial charge in [0.25, 0.3) is 0 Å². The minimum Gasteiger partial charge on any atom is -0.339 e. The van der Waals surface area contributed by atoms with E-state index in [1.165, 1.54) is 18.2 Å². The number of likely N-dealkylation sites (tertiary alicyclic amines) is 1. The second-order valence-corrected chi connectivity index (χ2v) is 5.91. The third-order valence-corrected chi connectivity index (χ3v) is 4.14. The number of nitrogens with one attached hydrogen (secondary N) is 1. The molecule has 0 radical (unpaired) electrons. The molecule has 3 rings (SSSR count). The number of aryl methyl sites for hydroxylation is 1. The van der Waals surface area contributed by atoms with Crippen molar-refractivity contribution in [3.8, 4) is 0 Å². The van der Waals surface area contributed by atoms with E-state index in [9.17, 15) is 9.18 Å². The SMILES string of the molecule is Cc1noc(C2CCN(C(=O)Nc3ccc(F)c(Cl)c3)CC2)n1. The van der Waals surface area contributed by atoms with Crippen molar-refractivity contribution >= 4 is 23.3 Å². The van der Waals surface area contributed by atoms with Gasteiger partial charge >= 0.3 is 6.03 Å². The van der Waals surface area contributed by atoms with Crippen LogP contribution in [0.2, 0.25) is 5.02 Å². The van der Waals surface area contributed by atoms with Gasteiger partial charge in [-0.15, -0.1) is 0 Å². The standard InChI is InChI=1S/C15H16ClFN4O2/c1-9-18-14(23-20-9)10-4-6-21(7-5-10)15(22)19-11-2-3-13(17)12(16)8-11/h2-3,8,10H,4-7H2,1H3,(H,19,22). The van der Waals surface area contributed by atoms with Gasteiger partial charge in [0.15, 0.2) is 5.82 Å². The van der Waals surface area contributed by atoms with Gasteiger partial charge in [-0.3, -0.25) is 0 Å². The Morgan fingerprint density at radius 1 is 1.43 bits per heavy atom. The summed E-state index contributed by atoms with van der Waals surface area (Å²) >= 11 is 5.71. The fourth-order valence-electron chi connectivity index (χ4n) is 2.58. The Kier molecular flexibility index (Phi) is 4.47. The van der Waals surface area contributed by atoms with Crippen molar-refractivity contribution in [3.63, 3.8) is 0 Å². The van der Waals surface area contributed by atoms with Crippen molar-refractivity contribution in [2.75, 3.05) is 18.4 Å². The summed E-state index contributed by atoms with van der Waals surface area (Å²) in [4.78, 5) is 18.2. The lowest BCUT2D eigenvalue weighted by atomic mass is 9.97. The van der Waals surface area contributed by atoms with Crippen LogP contribution >= 0.6 is 11.6 Å². The molecule has 0 unspecified atom stereocenters. The Balaban J connectivity index is 1.56. The van der Waals surface area contributed by atoms with Crippen molar-refractivity contribution in [2.45, 2.75) is 25.7 Å². The topological polar surface area (TPSA) is 71.3 Å². The van der Waals surface area contributed by atoms with Crippen LogP contribution in [-0.4, -0.2) is 34.2 Å². The number of urea groups is 1. The van der Waals surface area contributed by atoms with Crippen LogP contribution < -0.4 is 5.32 Å². The maximum Gasteiger partial charge on any atom is 0.321 e. The number of carbonyl (C=O) groups excluding carboxylic acids is 1. The molecule has 122 valence electrons. The van der Waals surface area contributed by atoms with Crippen molar-refractivity contribution in [1.82, 2.24) is 15.0 Å². The van der Waals surface area contributed by atoms with Gasteiger partial charge in [0.2, 0.25) is 5.89 Å². The zero-order chi connectivity index (χ0) is 16.4. The summed E-state index contributed by atoms with van der Waals surface area (Å²) in [6.45, 7) is 2.96. The van der Waals surface area contributed by atoms with Crippen LogP contribution in [0, 0.1) is 12.7 Å². The summed E-state index contributed by atoms with van der Waals surface area (Å²) in [6.07, 6.45) is 1.53. The predicted octanol–water partition coefficient (Wildman–Crippen LogP) is 3.58. The van der Waals surface area contributed by atoms with Gasteiger partial charge in [0, 0.05) is 24.7 Å². The molecule has 2 amide bonds. The molecule has 0 aliphatic carbocycles. The van der Waals surface area contributed by atoms with Gasteiger partial charge in [0.05, 0.1) is 5.02 Å². The highest BCUT2D eigenvalue weighted by molar-refractivity contribution is 6.31. The Hall–Kier alpha value is -2.15. The highest BCUT2D eigenvalue weighted by Gasteiger charge is 2.27. The van der Waals surface area contributed by atoms with Gasteiger partial charge in [-0.05, 0) is 38.0 Å². The minimum atomic E-state index is -0.514. The van der Waals surface area contributed by atoms with E-state index in [1.54, 1.807) is 11.8 Å². The number of anilines is 1. The summed E-state index contributed by atoms with van der Waals surface area (Å²) in [7, 11) is 0. The van der Waals surface area contributed by atoms with Crippen molar-refractivity contribution in [3.05, 3.63) is 40.8 Å². The summed E-state index contributed by atoms with van der Waals surface area (Å²) < 4.78 is 18.3. The Morgan fingerprint density at radius 3 is 2.78 bits per heavy atom. The molecule has 2 aromatic rings. The number of halogens is 2. The first-order valence-corrected chi connectivity index (χ1v) is 7.72. The van der Waals surface area contributed by atoms with Crippen LogP contribution in [0.25, 0.3) is 0 Å². The van der Waals surface area contributed by atoms with E-state index in [0.717, 1.165) is 12.8 Å². The van der Waals surface area contributed by atoms with E-state index in [1.807, 2.05) is 0 Å². The molecule has 1 aromatic heterocycles. The van der Waals surface area contributed by atoms with E-state index >= 15 is 0 Å². The fourth-order valence-corrected chi connectivity index (χ4v) is 2.77. The Labute approximate surface area is 137 Å². The van der Waals surface area contributed by atoms with E-state index < -0.39 is 5.82 Å². The molecular weight excluding hydrogens is 323 g/mol. The predicted molar refractivity (Wildman–Crippen MR) is 83.0 cm³/mol. The zero-order valence-corrected chi connectivity index (χ0v) is 13.3. The van der Waals surface area contributed by atoms with Crippen molar-refractivity contribution in [1.29, 1.82) is 0 Å². The number of amides is 2. The zero-order valence-electron chi connectivity index (χ0n) is 12.6. The van der Waals surface area contributed by atoms with Crippen LogP contribution in [0.1, 0.15) is 30.5 Å². The molecule has 2 heterocycles. The third-order valence-electron chi connectivity index (χ3n) is 3.85. The van der Waals surface area contributed by atoms with Crippen LogP contribution in [0.3, 0.4) is 0 Å². The molecule has 0 bridgehead atoms. The molecule has 8 heteroatoms. The van der Waals surface area contributed by atoms with Crippen LogP contribution in [-0.2, 0) is 0 Å². The Morgan fingerprint density at radius 2 is 2.17 bits per heavy atom. The molecule has 0 atom stereocenters. The number of piperidine rings is 1. The van der Waals surface area contributed by atoms with Gasteiger partial charge < -0.3 is 14.7 Å². The number of hydrogen-bond acceptors (Lipinski definition) is 4. The number of nitrogens with zero attached hydrogens (tertiary/aromatic N) is 3. The van der Waals surface area contributed by atoms with Gasteiger partial charge in [-0.25, -0.2) is 9.18 Å². The average Bonchev–Trinajstić information content (AvgIpc) is 2.97. The molecule has 1 aromatic carbocycles. The van der Waals surface area contributed by atoms with Gasteiger partial charge in [-0.1, -0.05) is 16.8 Å². The second-order valence-electron chi connectivity index (χ2n) is 5.50. The summed E-state index contributed by atoms with van der Waals surface area (Å²) in [5.41, 5.74) is 0.469. The lowest BCUT2D eigenvalue weighted by Gasteiger charge is -2.30. The largest absolute Gasteiger partial charge is 0.339 e. The van der Waals surface area contributed by atoms with E-state index in [-0.39, 0.29) is 17.0 Å². The highest BCUT2D eigenvalue weighted by atomic mass is 35.5. The maximum absolute atomic E-state index is 13.1. The molecule has 6 nitrogen and oxygen atoms in total. The summed E-state index contributed by atoms with van der Waals surface area (Å²) in [5.74, 6) is 0.919. The molecule has 0 spiro atoms. The first-order valence-electron chi connectivity index (χ1n) is 7.34. The molecular formula is C15H16ClFN4O2. The van der Waals surface area contributed by atoms with Crippen molar-refractivity contribution in [2.24, 2.45) is 0 Å². The number of aromatic nitrogens is 2. The number of benzene rings is 1. The maximum atomic E-state index is 13.1. The molecule has 0 saturated carbocycles. The lowest BCUT2D eigenvalue weighted by Crippen LogP contribution is -2.40. The van der Waals surface area contributed by atoms with E-state index in [4.69, 9.17) is 16.1 Å². The number of hydrogen-bond donors (Lipinski definition) is 1. The molecule has 1 aliphatic heterocycles. The molecule has 1 saturated heterocycles. The Bertz CT molecular complexity index is 713. The quantitative estimate of drug-likeness (QED) is 0.908. The van der Waals surface area contributed by atoms with E-state index in [0.29, 0.717) is 30.5 Å². The highest BCUT2D eigenvalue weighted by Crippen LogP contribution is 2.27. The van der Waals surface area contributed by atoms with Crippen molar-refractivity contribution < 1.29 is 13.7 Å². The monoisotopic (exact) mass is 338 g/mol.